The predicted molar refractivity (Wildman–Crippen MR) is 90.0 cm³/mol. The summed E-state index contributed by atoms with van der Waals surface area (Å²) in [6, 6.07) is 6.90. The topological polar surface area (TPSA) is 64.4 Å². The molecule has 1 aromatic carbocycles. The van der Waals surface area contributed by atoms with Gasteiger partial charge in [0.1, 0.15) is 11.6 Å². The molecule has 1 aromatic heterocycles. The van der Waals surface area contributed by atoms with Crippen molar-refractivity contribution in [3.63, 3.8) is 0 Å². The molecule has 126 valence electrons. The summed E-state index contributed by atoms with van der Waals surface area (Å²) >= 11 is 5.92. The van der Waals surface area contributed by atoms with E-state index in [0.717, 1.165) is 0 Å². The van der Waals surface area contributed by atoms with Crippen molar-refractivity contribution in [2.24, 2.45) is 7.05 Å². The lowest BCUT2D eigenvalue weighted by molar-refractivity contribution is -0.138. The molecule has 1 aliphatic heterocycles. The van der Waals surface area contributed by atoms with Gasteiger partial charge in [-0.15, -0.1) is 0 Å². The van der Waals surface area contributed by atoms with Gasteiger partial charge in [0.15, 0.2) is 6.10 Å². The zero-order valence-electron chi connectivity index (χ0n) is 13.7. The molecule has 0 radical (unpaired) electrons. The van der Waals surface area contributed by atoms with E-state index in [9.17, 15) is 9.59 Å². The van der Waals surface area contributed by atoms with E-state index >= 15 is 0 Å². The molecule has 2 heterocycles. The first-order valence-corrected chi connectivity index (χ1v) is 8.01. The van der Waals surface area contributed by atoms with Crippen LogP contribution in [0, 0.1) is 6.92 Å². The van der Waals surface area contributed by atoms with Gasteiger partial charge in [-0.2, -0.15) is 0 Å². The maximum atomic E-state index is 12.6. The minimum Gasteiger partial charge on any atom is -0.481 e. The quantitative estimate of drug-likeness (QED) is 0.852. The average Bonchev–Trinajstić information content (AvgIpc) is 2.96. The molecule has 0 unspecified atom stereocenters. The monoisotopic (exact) mass is 347 g/mol. The van der Waals surface area contributed by atoms with Gasteiger partial charge < -0.3 is 9.64 Å². The molecule has 0 bridgehead atoms. The molecule has 0 aliphatic carbocycles. The fourth-order valence-electron chi connectivity index (χ4n) is 2.74. The summed E-state index contributed by atoms with van der Waals surface area (Å²) in [4.78, 5) is 30.9. The van der Waals surface area contributed by atoms with Crippen LogP contribution in [0.1, 0.15) is 24.0 Å². The third kappa shape index (κ3) is 3.01. The third-order valence-electron chi connectivity index (χ3n) is 4.15. The van der Waals surface area contributed by atoms with Crippen LogP contribution in [0.25, 0.3) is 0 Å². The number of carbonyl (C=O) groups excluding carboxylic acids is 1. The maximum Gasteiger partial charge on any atom is 0.264 e. The van der Waals surface area contributed by atoms with E-state index in [4.69, 9.17) is 16.3 Å². The highest BCUT2D eigenvalue weighted by atomic mass is 35.5. The first-order valence-electron chi connectivity index (χ1n) is 7.63. The fraction of sp³-hybridized carbons (Fsp3) is 0.353. The summed E-state index contributed by atoms with van der Waals surface area (Å²) in [5.41, 5.74) is 1.14. The van der Waals surface area contributed by atoms with Crippen molar-refractivity contribution < 1.29 is 9.53 Å². The minimum atomic E-state index is -0.678. The Hall–Kier alpha value is -2.34. The van der Waals surface area contributed by atoms with Crippen molar-refractivity contribution in [3.8, 4) is 5.75 Å². The average molecular weight is 348 g/mol. The molecule has 1 amide bonds. The lowest BCUT2D eigenvalue weighted by atomic mass is 10.2. The summed E-state index contributed by atoms with van der Waals surface area (Å²) < 4.78 is 7.17. The fourth-order valence-corrected chi connectivity index (χ4v) is 2.92. The molecule has 0 N–H and O–H groups in total. The molecule has 24 heavy (non-hydrogen) atoms. The van der Waals surface area contributed by atoms with Crippen LogP contribution in [0.3, 0.4) is 0 Å². The van der Waals surface area contributed by atoms with Crippen molar-refractivity contribution in [1.29, 1.82) is 0 Å². The number of fused-ring (bicyclic) bond motifs is 1. The van der Waals surface area contributed by atoms with Crippen molar-refractivity contribution in [2.75, 3.05) is 0 Å². The Balaban J connectivity index is 1.75. The Bertz CT molecular complexity index is 863. The van der Waals surface area contributed by atoms with E-state index in [1.165, 1.54) is 4.57 Å². The molecule has 0 saturated carbocycles. The number of amides is 1. The zero-order chi connectivity index (χ0) is 17.4. The maximum absolute atomic E-state index is 12.6. The van der Waals surface area contributed by atoms with E-state index in [0.29, 0.717) is 34.4 Å². The number of hydrogen-bond acceptors (Lipinski definition) is 4. The van der Waals surface area contributed by atoms with Crippen molar-refractivity contribution in [1.82, 2.24) is 14.5 Å². The van der Waals surface area contributed by atoms with Gasteiger partial charge in [0, 0.05) is 12.1 Å². The van der Waals surface area contributed by atoms with Crippen LogP contribution >= 0.6 is 11.6 Å². The van der Waals surface area contributed by atoms with Crippen LogP contribution in [0.5, 0.6) is 5.75 Å². The second-order valence-corrected chi connectivity index (χ2v) is 6.30. The minimum absolute atomic E-state index is 0.101. The van der Waals surface area contributed by atoms with Crippen LogP contribution < -0.4 is 10.3 Å². The second-order valence-electron chi connectivity index (χ2n) is 5.86. The van der Waals surface area contributed by atoms with Crippen LogP contribution in [0.15, 0.2) is 29.1 Å². The van der Waals surface area contributed by atoms with Gasteiger partial charge in [0.05, 0.1) is 24.3 Å². The Morgan fingerprint density at radius 2 is 2.12 bits per heavy atom. The SMILES string of the molecule is Cc1nc2c(c(=O)n1C)CN(C(=O)[C@@H](C)Oc1cccc(Cl)c1)C2. The number of aromatic nitrogens is 2. The van der Waals surface area contributed by atoms with E-state index in [1.54, 1.807) is 50.1 Å². The molecule has 2 aromatic rings. The van der Waals surface area contributed by atoms with Crippen molar-refractivity contribution >= 4 is 17.5 Å². The molecule has 1 aliphatic rings. The normalized spacial score (nSPS) is 14.4. The van der Waals surface area contributed by atoms with Gasteiger partial charge in [-0.1, -0.05) is 17.7 Å². The third-order valence-corrected chi connectivity index (χ3v) is 4.39. The van der Waals surface area contributed by atoms with Gasteiger partial charge in [0.25, 0.3) is 11.5 Å². The lowest BCUT2D eigenvalue weighted by Gasteiger charge is -2.21. The lowest BCUT2D eigenvalue weighted by Crippen LogP contribution is -2.37. The first kappa shape index (κ1) is 16.5. The molecule has 1 atom stereocenters. The molecule has 3 rings (SSSR count). The number of ether oxygens (including phenoxy) is 1. The van der Waals surface area contributed by atoms with Gasteiger partial charge in [0.2, 0.25) is 0 Å². The summed E-state index contributed by atoms with van der Waals surface area (Å²) in [6.45, 7) is 4.05. The van der Waals surface area contributed by atoms with E-state index in [-0.39, 0.29) is 18.0 Å². The van der Waals surface area contributed by atoms with E-state index < -0.39 is 6.10 Å². The summed E-state index contributed by atoms with van der Waals surface area (Å²) in [7, 11) is 1.68. The molecular formula is C17H18ClN3O3. The van der Waals surface area contributed by atoms with Gasteiger partial charge in [-0.05, 0) is 32.0 Å². The van der Waals surface area contributed by atoms with Gasteiger partial charge in [-0.25, -0.2) is 4.98 Å². The summed E-state index contributed by atoms with van der Waals surface area (Å²) in [5.74, 6) is 0.980. The Kier molecular flexibility index (Phi) is 4.32. The zero-order valence-corrected chi connectivity index (χ0v) is 14.5. The highest BCUT2D eigenvalue weighted by Crippen LogP contribution is 2.22. The highest BCUT2D eigenvalue weighted by Gasteiger charge is 2.31. The van der Waals surface area contributed by atoms with Crippen molar-refractivity contribution in [3.05, 3.63) is 56.7 Å². The Morgan fingerprint density at radius 1 is 1.38 bits per heavy atom. The number of benzene rings is 1. The molecule has 6 nitrogen and oxygen atoms in total. The molecule has 0 fully saturated rings. The summed E-state index contributed by atoms with van der Waals surface area (Å²) in [5, 5.41) is 0.545. The van der Waals surface area contributed by atoms with Crippen molar-refractivity contribution in [2.45, 2.75) is 33.0 Å². The van der Waals surface area contributed by atoms with Crippen LogP contribution in [0.2, 0.25) is 5.02 Å². The highest BCUT2D eigenvalue weighted by molar-refractivity contribution is 6.30. The number of halogens is 1. The number of rotatable bonds is 3. The number of aryl methyl sites for hydroxylation is 1. The van der Waals surface area contributed by atoms with E-state index in [1.807, 2.05) is 0 Å². The first-order chi connectivity index (χ1) is 11.4. The van der Waals surface area contributed by atoms with Gasteiger partial charge >= 0.3 is 0 Å². The van der Waals surface area contributed by atoms with Crippen LogP contribution in [0.4, 0.5) is 0 Å². The summed E-state index contributed by atoms with van der Waals surface area (Å²) in [6.07, 6.45) is -0.678. The largest absolute Gasteiger partial charge is 0.481 e. The molecule has 0 saturated heterocycles. The number of carbonyl (C=O) groups is 1. The molecule has 0 spiro atoms. The van der Waals surface area contributed by atoms with Crippen LogP contribution in [-0.4, -0.2) is 26.5 Å². The van der Waals surface area contributed by atoms with E-state index in [2.05, 4.69) is 4.98 Å². The smallest absolute Gasteiger partial charge is 0.264 e. The predicted octanol–water partition coefficient (Wildman–Crippen LogP) is 2.05. The number of hydrogen-bond donors (Lipinski definition) is 0. The van der Waals surface area contributed by atoms with Gasteiger partial charge in [-0.3, -0.25) is 14.2 Å². The molecular weight excluding hydrogens is 330 g/mol. The standard InChI is InChI=1S/C17H18ClN3O3/c1-10(24-13-6-4-5-12(18)7-13)16(22)21-8-14-15(9-21)19-11(2)20(3)17(14)23/h4-7,10H,8-9H2,1-3H3/t10-/m1/s1. The number of nitrogens with zero attached hydrogens (tertiary/aromatic N) is 3. The second kappa shape index (κ2) is 6.28. The molecule has 7 heteroatoms. The Labute approximate surface area is 144 Å². The Morgan fingerprint density at radius 3 is 2.83 bits per heavy atom. The van der Waals surface area contributed by atoms with Crippen LogP contribution in [-0.2, 0) is 24.9 Å².